The van der Waals surface area contributed by atoms with E-state index in [1.807, 2.05) is 4.57 Å². The molecule has 5 rings (SSSR count). The van der Waals surface area contributed by atoms with Crippen molar-refractivity contribution in [2.45, 2.75) is 45.1 Å². The Morgan fingerprint density at radius 2 is 1.85 bits per heavy atom. The smallest absolute Gasteiger partial charge is 0.311 e. The van der Waals surface area contributed by atoms with E-state index in [0.717, 1.165) is 30.2 Å². The molecule has 20 heavy (non-hydrogen) atoms. The molecule has 0 aromatic carbocycles. The predicted octanol–water partition coefficient (Wildman–Crippen LogP) is 1.98. The van der Waals surface area contributed by atoms with E-state index in [1.54, 1.807) is 6.33 Å². The van der Waals surface area contributed by atoms with Crippen molar-refractivity contribution >= 4 is 5.97 Å². The highest BCUT2D eigenvalue weighted by atomic mass is 16.4. The highest BCUT2D eigenvalue weighted by molar-refractivity contribution is 5.68. The average molecular weight is 275 g/mol. The Balaban J connectivity index is 1.52. The van der Waals surface area contributed by atoms with Crippen LogP contribution >= 0.6 is 0 Å². The van der Waals surface area contributed by atoms with Crippen molar-refractivity contribution in [2.75, 3.05) is 0 Å². The fraction of sp³-hybridized carbons (Fsp3) is 0.800. The first-order valence-electron chi connectivity index (χ1n) is 7.77. The van der Waals surface area contributed by atoms with E-state index in [2.05, 4.69) is 10.2 Å². The summed E-state index contributed by atoms with van der Waals surface area (Å²) in [6, 6.07) is 0. The molecule has 0 radical (unpaired) electrons. The third-order valence-electron chi connectivity index (χ3n) is 5.83. The molecule has 0 saturated heterocycles. The lowest BCUT2D eigenvalue weighted by Crippen LogP contribution is -2.46. The number of carboxylic acid groups (broad SMARTS) is 1. The third kappa shape index (κ3) is 2.03. The molecule has 1 N–H and O–H groups in total. The van der Waals surface area contributed by atoms with Crippen LogP contribution in [0.4, 0.5) is 0 Å². The number of carbonyl (C=O) groups is 1. The largest absolute Gasteiger partial charge is 0.481 e. The monoisotopic (exact) mass is 275 g/mol. The van der Waals surface area contributed by atoms with Crippen molar-refractivity contribution in [1.29, 1.82) is 0 Å². The van der Waals surface area contributed by atoms with Crippen LogP contribution in [0.25, 0.3) is 0 Å². The Morgan fingerprint density at radius 3 is 2.45 bits per heavy atom. The molecule has 4 bridgehead atoms. The fourth-order valence-corrected chi connectivity index (χ4v) is 5.27. The Bertz CT molecular complexity index is 497. The second-order valence-electron chi connectivity index (χ2n) is 7.06. The van der Waals surface area contributed by atoms with Gasteiger partial charge in [-0.05, 0) is 61.7 Å². The van der Waals surface area contributed by atoms with Crippen molar-refractivity contribution in [3.05, 3.63) is 12.2 Å². The summed E-state index contributed by atoms with van der Waals surface area (Å²) in [5.74, 6) is 4.15. The van der Waals surface area contributed by atoms with Gasteiger partial charge in [-0.15, -0.1) is 10.2 Å². The van der Waals surface area contributed by atoms with Gasteiger partial charge in [0.1, 0.15) is 18.6 Å². The van der Waals surface area contributed by atoms with E-state index in [9.17, 15) is 4.79 Å². The lowest BCUT2D eigenvalue weighted by molar-refractivity contribution is -0.136. The summed E-state index contributed by atoms with van der Waals surface area (Å²) < 4.78 is 1.99. The van der Waals surface area contributed by atoms with Gasteiger partial charge in [0.25, 0.3) is 0 Å². The van der Waals surface area contributed by atoms with Crippen LogP contribution in [-0.4, -0.2) is 25.8 Å². The molecule has 5 heteroatoms. The summed E-state index contributed by atoms with van der Waals surface area (Å²) >= 11 is 0. The first kappa shape index (κ1) is 12.4. The first-order chi connectivity index (χ1) is 9.69. The summed E-state index contributed by atoms with van der Waals surface area (Å²) in [6.07, 6.45) is 8.75. The lowest BCUT2D eigenvalue weighted by Gasteiger charge is -2.54. The zero-order chi connectivity index (χ0) is 13.7. The van der Waals surface area contributed by atoms with E-state index in [1.165, 1.54) is 32.1 Å². The van der Waals surface area contributed by atoms with E-state index >= 15 is 0 Å². The van der Waals surface area contributed by atoms with Gasteiger partial charge >= 0.3 is 5.97 Å². The van der Waals surface area contributed by atoms with Crippen LogP contribution in [-0.2, 0) is 17.8 Å². The number of nitrogens with zero attached hydrogens (tertiary/aromatic N) is 3. The van der Waals surface area contributed by atoms with E-state index < -0.39 is 5.97 Å². The van der Waals surface area contributed by atoms with E-state index in [4.69, 9.17) is 5.11 Å². The Kier molecular flexibility index (Phi) is 2.82. The molecule has 4 saturated carbocycles. The molecular weight excluding hydrogens is 254 g/mol. The summed E-state index contributed by atoms with van der Waals surface area (Å²) in [5, 5.41) is 16.8. The molecule has 4 fully saturated rings. The normalized spacial score (nSPS) is 38.3. The van der Waals surface area contributed by atoms with Crippen molar-refractivity contribution in [2.24, 2.45) is 29.6 Å². The van der Waals surface area contributed by atoms with Crippen LogP contribution in [0.2, 0.25) is 0 Å². The second-order valence-corrected chi connectivity index (χ2v) is 7.06. The zero-order valence-electron chi connectivity index (χ0n) is 11.6. The molecule has 5 nitrogen and oxygen atoms in total. The highest BCUT2D eigenvalue weighted by Crippen LogP contribution is 2.56. The van der Waals surface area contributed by atoms with Crippen LogP contribution in [0.1, 0.15) is 37.9 Å². The third-order valence-corrected chi connectivity index (χ3v) is 5.83. The molecule has 4 aliphatic carbocycles. The summed E-state index contributed by atoms with van der Waals surface area (Å²) in [6.45, 7) is 0.921. The Labute approximate surface area is 118 Å². The number of rotatable bonds is 4. The molecule has 0 unspecified atom stereocenters. The standard InChI is InChI=1S/C15H21N3O2/c19-15(20)6-14-17-16-8-18(14)7-13-11-2-9-1-10(4-11)5-12(13)3-9/h8-13H,1-7H2,(H,19,20). The molecule has 0 aliphatic heterocycles. The zero-order valence-corrected chi connectivity index (χ0v) is 11.6. The summed E-state index contributed by atoms with van der Waals surface area (Å²) in [4.78, 5) is 10.9. The molecule has 1 aromatic rings. The van der Waals surface area contributed by atoms with Gasteiger partial charge in [-0.3, -0.25) is 4.79 Å². The van der Waals surface area contributed by atoms with Gasteiger partial charge < -0.3 is 9.67 Å². The molecule has 108 valence electrons. The maximum absolute atomic E-state index is 10.9. The number of hydrogen-bond acceptors (Lipinski definition) is 3. The van der Waals surface area contributed by atoms with Gasteiger partial charge in [0, 0.05) is 6.54 Å². The molecule has 0 amide bonds. The molecule has 0 atom stereocenters. The quantitative estimate of drug-likeness (QED) is 0.912. The summed E-state index contributed by atoms with van der Waals surface area (Å²) in [7, 11) is 0. The van der Waals surface area contributed by atoms with Crippen LogP contribution in [0, 0.1) is 29.6 Å². The molecular formula is C15H21N3O2. The Hall–Kier alpha value is -1.39. The first-order valence-corrected chi connectivity index (χ1v) is 7.77. The van der Waals surface area contributed by atoms with Crippen LogP contribution in [0.3, 0.4) is 0 Å². The minimum atomic E-state index is -0.829. The predicted molar refractivity (Wildman–Crippen MR) is 71.9 cm³/mol. The Morgan fingerprint density at radius 1 is 1.20 bits per heavy atom. The second kappa shape index (κ2) is 4.57. The van der Waals surface area contributed by atoms with Crippen molar-refractivity contribution in [3.8, 4) is 0 Å². The van der Waals surface area contributed by atoms with Gasteiger partial charge in [0.05, 0.1) is 0 Å². The van der Waals surface area contributed by atoms with Crippen molar-refractivity contribution < 1.29 is 9.90 Å². The SMILES string of the molecule is O=C(O)Cc1nncn1CC1C2CC3CC(C2)CC1C3. The van der Waals surface area contributed by atoms with Gasteiger partial charge in [-0.2, -0.15) is 0 Å². The minimum absolute atomic E-state index is 0.0205. The molecule has 4 aliphatic rings. The average Bonchev–Trinajstić information content (AvgIpc) is 2.79. The van der Waals surface area contributed by atoms with Crippen LogP contribution < -0.4 is 0 Å². The minimum Gasteiger partial charge on any atom is -0.481 e. The van der Waals surface area contributed by atoms with E-state index in [0.29, 0.717) is 11.7 Å². The number of carboxylic acids is 1. The van der Waals surface area contributed by atoms with Crippen LogP contribution in [0.5, 0.6) is 0 Å². The van der Waals surface area contributed by atoms with Crippen molar-refractivity contribution in [3.63, 3.8) is 0 Å². The number of hydrogen-bond donors (Lipinski definition) is 1. The molecule has 1 heterocycles. The molecule has 0 spiro atoms. The number of aromatic nitrogens is 3. The van der Waals surface area contributed by atoms with Crippen molar-refractivity contribution in [1.82, 2.24) is 14.8 Å². The van der Waals surface area contributed by atoms with Crippen LogP contribution in [0.15, 0.2) is 6.33 Å². The number of aliphatic carboxylic acids is 1. The fourth-order valence-electron chi connectivity index (χ4n) is 5.27. The molecule has 1 aromatic heterocycles. The van der Waals surface area contributed by atoms with Gasteiger partial charge in [-0.1, -0.05) is 0 Å². The lowest BCUT2D eigenvalue weighted by atomic mass is 9.52. The topological polar surface area (TPSA) is 68.0 Å². The summed E-state index contributed by atoms with van der Waals surface area (Å²) in [5.41, 5.74) is 0. The van der Waals surface area contributed by atoms with Gasteiger partial charge in [-0.25, -0.2) is 0 Å². The van der Waals surface area contributed by atoms with Gasteiger partial charge in [0.15, 0.2) is 0 Å². The highest BCUT2D eigenvalue weighted by Gasteiger charge is 2.48. The van der Waals surface area contributed by atoms with Gasteiger partial charge in [0.2, 0.25) is 0 Å². The maximum Gasteiger partial charge on any atom is 0.311 e. The van der Waals surface area contributed by atoms with E-state index in [-0.39, 0.29) is 6.42 Å². The maximum atomic E-state index is 10.9.